The Morgan fingerprint density at radius 1 is 1.06 bits per heavy atom. The molecule has 2 heteroatoms. The molecule has 3 aromatic rings. The fourth-order valence-electron chi connectivity index (χ4n) is 2.09. The van der Waals surface area contributed by atoms with Crippen LogP contribution >= 0.6 is 0 Å². The second-order valence-electron chi connectivity index (χ2n) is 4.36. The van der Waals surface area contributed by atoms with Gasteiger partial charge in [0.25, 0.3) is 0 Å². The number of nitrogens with zero attached hydrogens (tertiary/aromatic N) is 1. The van der Waals surface area contributed by atoms with Gasteiger partial charge in [0.2, 0.25) is 0 Å². The maximum Gasteiger partial charge on any atom is 0.166 e. The van der Waals surface area contributed by atoms with Gasteiger partial charge in [0, 0.05) is 5.39 Å². The summed E-state index contributed by atoms with van der Waals surface area (Å²) < 4.78 is 5.09. The van der Waals surface area contributed by atoms with Crippen molar-refractivity contribution in [2.45, 2.75) is 13.3 Å². The van der Waals surface area contributed by atoms with Crippen molar-refractivity contribution in [3.8, 4) is 0 Å². The molecule has 84 valence electrons. The van der Waals surface area contributed by atoms with E-state index < -0.39 is 0 Å². The van der Waals surface area contributed by atoms with E-state index in [0.717, 1.165) is 17.4 Å². The number of aromatic nitrogens is 1. The Morgan fingerprint density at radius 2 is 1.94 bits per heavy atom. The smallest absolute Gasteiger partial charge is 0.166 e. The Kier molecular flexibility index (Phi) is 2.41. The van der Waals surface area contributed by atoms with Gasteiger partial charge >= 0.3 is 0 Å². The molecule has 0 saturated carbocycles. The molecule has 0 atom stereocenters. The highest BCUT2D eigenvalue weighted by Gasteiger charge is 2.01. The van der Waals surface area contributed by atoms with Crippen molar-refractivity contribution in [1.29, 1.82) is 0 Å². The van der Waals surface area contributed by atoms with Gasteiger partial charge in [0.15, 0.2) is 5.58 Å². The summed E-state index contributed by atoms with van der Waals surface area (Å²) in [5.41, 5.74) is 4.76. The molecule has 0 aliphatic carbocycles. The number of fused-ring (bicyclic) bond motifs is 1. The van der Waals surface area contributed by atoms with Crippen LogP contribution in [0.25, 0.3) is 11.0 Å². The summed E-state index contributed by atoms with van der Waals surface area (Å²) >= 11 is 0. The first-order valence-corrected chi connectivity index (χ1v) is 5.70. The maximum atomic E-state index is 5.09. The molecule has 0 spiro atoms. The highest BCUT2D eigenvalue weighted by atomic mass is 16.5. The molecular formula is C15H13NO. The minimum absolute atomic E-state index is 0.845. The predicted molar refractivity (Wildman–Crippen MR) is 68.0 cm³/mol. The average Bonchev–Trinajstić information content (AvgIpc) is 2.76. The molecule has 2 nitrogen and oxygen atoms in total. The van der Waals surface area contributed by atoms with Crippen molar-refractivity contribution in [3.05, 3.63) is 65.4 Å². The van der Waals surface area contributed by atoms with Crippen LogP contribution in [0, 0.1) is 6.92 Å². The first kappa shape index (κ1) is 10.1. The normalized spacial score (nSPS) is 10.9. The largest absolute Gasteiger partial charge is 0.356 e. The van der Waals surface area contributed by atoms with Crippen LogP contribution in [-0.4, -0.2) is 5.16 Å². The third kappa shape index (κ3) is 2.07. The second kappa shape index (κ2) is 4.06. The number of rotatable bonds is 2. The molecule has 17 heavy (non-hydrogen) atoms. The van der Waals surface area contributed by atoms with Crippen molar-refractivity contribution in [2.24, 2.45) is 0 Å². The van der Waals surface area contributed by atoms with E-state index in [9.17, 15) is 0 Å². The zero-order valence-corrected chi connectivity index (χ0v) is 9.68. The van der Waals surface area contributed by atoms with Crippen LogP contribution in [0.3, 0.4) is 0 Å². The molecule has 0 N–H and O–H groups in total. The van der Waals surface area contributed by atoms with Gasteiger partial charge in [-0.15, -0.1) is 0 Å². The highest BCUT2D eigenvalue weighted by molar-refractivity contribution is 5.76. The molecule has 3 rings (SSSR count). The molecule has 0 fully saturated rings. The Balaban J connectivity index is 1.94. The van der Waals surface area contributed by atoms with Crippen molar-refractivity contribution in [2.75, 3.05) is 0 Å². The number of aryl methyl sites for hydroxylation is 1. The van der Waals surface area contributed by atoms with E-state index in [4.69, 9.17) is 4.52 Å². The fourth-order valence-corrected chi connectivity index (χ4v) is 2.09. The summed E-state index contributed by atoms with van der Waals surface area (Å²) in [5, 5.41) is 4.85. The second-order valence-corrected chi connectivity index (χ2v) is 4.36. The lowest BCUT2D eigenvalue weighted by Gasteiger charge is -2.03. The molecule has 0 radical (unpaired) electrons. The minimum Gasteiger partial charge on any atom is -0.356 e. The summed E-state index contributed by atoms with van der Waals surface area (Å²) in [4.78, 5) is 0. The van der Waals surface area contributed by atoms with E-state index in [2.05, 4.69) is 48.5 Å². The zero-order valence-electron chi connectivity index (χ0n) is 9.68. The standard InChI is InChI=1S/C15H13NO/c1-11-3-2-4-12(7-11)8-13-5-6-15-14(9-13)10-16-17-15/h2-7,9-10H,8H2,1H3. The lowest BCUT2D eigenvalue weighted by atomic mass is 10.0. The Morgan fingerprint density at radius 3 is 2.82 bits per heavy atom. The maximum absolute atomic E-state index is 5.09. The Labute approximate surface area is 99.9 Å². The summed E-state index contributed by atoms with van der Waals surface area (Å²) in [6, 6.07) is 14.8. The van der Waals surface area contributed by atoms with E-state index in [1.807, 2.05) is 6.07 Å². The molecule has 0 unspecified atom stereocenters. The third-order valence-corrected chi connectivity index (χ3v) is 2.91. The van der Waals surface area contributed by atoms with Gasteiger partial charge < -0.3 is 4.52 Å². The average molecular weight is 223 g/mol. The first-order valence-electron chi connectivity index (χ1n) is 5.70. The zero-order chi connectivity index (χ0) is 11.7. The van der Waals surface area contributed by atoms with Gasteiger partial charge in [0.1, 0.15) is 0 Å². The van der Waals surface area contributed by atoms with E-state index in [1.165, 1.54) is 16.7 Å². The molecule has 0 amide bonds. The lowest BCUT2D eigenvalue weighted by Crippen LogP contribution is -1.88. The third-order valence-electron chi connectivity index (χ3n) is 2.91. The van der Waals surface area contributed by atoms with Gasteiger partial charge in [0.05, 0.1) is 6.20 Å². The summed E-state index contributed by atoms with van der Waals surface area (Å²) in [5.74, 6) is 0. The van der Waals surface area contributed by atoms with Crippen LogP contribution in [-0.2, 0) is 6.42 Å². The van der Waals surface area contributed by atoms with Gasteiger partial charge in [-0.3, -0.25) is 0 Å². The van der Waals surface area contributed by atoms with Crippen LogP contribution in [0.15, 0.2) is 53.2 Å². The molecule has 0 aliphatic heterocycles. The quantitative estimate of drug-likeness (QED) is 0.661. The van der Waals surface area contributed by atoms with Gasteiger partial charge in [-0.25, -0.2) is 0 Å². The van der Waals surface area contributed by atoms with Crippen LogP contribution in [0.2, 0.25) is 0 Å². The van der Waals surface area contributed by atoms with Gasteiger partial charge in [-0.05, 0) is 36.6 Å². The Bertz CT molecular complexity index is 655. The number of hydrogen-bond acceptors (Lipinski definition) is 2. The van der Waals surface area contributed by atoms with Crippen LogP contribution in [0.4, 0.5) is 0 Å². The molecule has 0 aliphatic rings. The minimum atomic E-state index is 0.845. The molecule has 1 heterocycles. The highest BCUT2D eigenvalue weighted by Crippen LogP contribution is 2.18. The van der Waals surface area contributed by atoms with Gasteiger partial charge in [-0.2, -0.15) is 0 Å². The predicted octanol–water partition coefficient (Wildman–Crippen LogP) is 3.73. The summed E-state index contributed by atoms with van der Waals surface area (Å²) in [7, 11) is 0. The monoisotopic (exact) mass is 223 g/mol. The Hall–Kier alpha value is -2.09. The lowest BCUT2D eigenvalue weighted by molar-refractivity contribution is 0.456. The van der Waals surface area contributed by atoms with Crippen LogP contribution in [0.5, 0.6) is 0 Å². The topological polar surface area (TPSA) is 26.0 Å². The fraction of sp³-hybridized carbons (Fsp3) is 0.133. The first-order chi connectivity index (χ1) is 8.31. The molecule has 2 aromatic carbocycles. The SMILES string of the molecule is Cc1cccc(Cc2ccc3oncc3c2)c1. The summed E-state index contributed by atoms with van der Waals surface area (Å²) in [6.45, 7) is 2.12. The van der Waals surface area contributed by atoms with Crippen molar-refractivity contribution in [1.82, 2.24) is 5.16 Å². The molecule has 0 bridgehead atoms. The van der Waals surface area contributed by atoms with Crippen LogP contribution < -0.4 is 0 Å². The van der Waals surface area contributed by atoms with Gasteiger partial charge in [-0.1, -0.05) is 41.1 Å². The molecular weight excluding hydrogens is 210 g/mol. The van der Waals surface area contributed by atoms with Crippen molar-refractivity contribution >= 4 is 11.0 Å². The van der Waals surface area contributed by atoms with E-state index in [0.29, 0.717) is 0 Å². The van der Waals surface area contributed by atoms with Crippen LogP contribution in [0.1, 0.15) is 16.7 Å². The van der Waals surface area contributed by atoms with E-state index >= 15 is 0 Å². The summed E-state index contributed by atoms with van der Waals surface area (Å²) in [6.07, 6.45) is 2.71. The van der Waals surface area contributed by atoms with E-state index in [-0.39, 0.29) is 0 Å². The molecule has 1 aromatic heterocycles. The van der Waals surface area contributed by atoms with Crippen molar-refractivity contribution in [3.63, 3.8) is 0 Å². The van der Waals surface area contributed by atoms with Crippen molar-refractivity contribution < 1.29 is 4.52 Å². The van der Waals surface area contributed by atoms with E-state index in [1.54, 1.807) is 6.20 Å². The number of hydrogen-bond donors (Lipinski definition) is 0. The number of benzene rings is 2. The molecule has 0 saturated heterocycles.